The summed E-state index contributed by atoms with van der Waals surface area (Å²) in [6.07, 6.45) is 2.82. The van der Waals surface area contributed by atoms with Gasteiger partial charge in [-0.1, -0.05) is 43.6 Å². The first-order valence-electron chi connectivity index (χ1n) is 12.3. The Morgan fingerprint density at radius 3 is 2.58 bits per heavy atom. The molecule has 1 heterocycles. The molecule has 8 nitrogen and oxygen atoms in total. The molecule has 0 aromatic heterocycles. The zero-order chi connectivity index (χ0) is 26.6. The first kappa shape index (κ1) is 27.5. The monoisotopic (exact) mass is 503 g/mol. The fraction of sp³-hybridized carbons (Fsp3) is 0.519. The van der Waals surface area contributed by atoms with Gasteiger partial charge in [0.25, 0.3) is 0 Å². The molecular formula is C27H34FNO7. The van der Waals surface area contributed by atoms with E-state index in [1.54, 1.807) is 6.07 Å². The molecule has 1 aliphatic heterocycles. The summed E-state index contributed by atoms with van der Waals surface area (Å²) in [5.41, 5.74) is 2.95. The van der Waals surface area contributed by atoms with Crippen LogP contribution in [0.5, 0.6) is 5.75 Å². The Balaban J connectivity index is 1.87. The summed E-state index contributed by atoms with van der Waals surface area (Å²) in [5, 5.41) is 31.0. The topological polar surface area (TPSA) is 124 Å². The second-order valence-electron chi connectivity index (χ2n) is 9.34. The summed E-state index contributed by atoms with van der Waals surface area (Å²) in [4.78, 5) is 38.6. The number of likely N-dealkylation sites (tertiary alicyclic amines) is 1. The predicted octanol–water partition coefficient (Wildman–Crippen LogP) is 3.94. The number of allylic oxidation sites excluding steroid dienone is 2. The molecule has 1 aromatic carbocycles. The molecule has 9 heteroatoms. The number of rotatable bonds is 9. The Bertz CT molecular complexity index is 1080. The van der Waals surface area contributed by atoms with Gasteiger partial charge in [0.2, 0.25) is 11.8 Å². The number of hydrogen-bond donors (Lipinski definition) is 3. The van der Waals surface area contributed by atoms with Crippen LogP contribution in [0.1, 0.15) is 57.9 Å². The molecule has 3 rings (SSSR count). The number of nitrogens with zero attached hydrogens (tertiary/aromatic N) is 1. The van der Waals surface area contributed by atoms with Gasteiger partial charge in [-0.25, -0.2) is 9.18 Å². The van der Waals surface area contributed by atoms with E-state index in [1.165, 1.54) is 12.1 Å². The first-order valence-corrected chi connectivity index (χ1v) is 12.3. The number of methoxy groups -OCH3 is 1. The maximum absolute atomic E-state index is 13.7. The number of benzene rings is 1. The van der Waals surface area contributed by atoms with Crippen LogP contribution in [0.4, 0.5) is 9.18 Å². The molecule has 1 saturated heterocycles. The van der Waals surface area contributed by atoms with Crippen molar-refractivity contribution in [2.24, 2.45) is 17.8 Å². The average molecular weight is 504 g/mol. The van der Waals surface area contributed by atoms with Gasteiger partial charge in [0.05, 0.1) is 31.7 Å². The van der Waals surface area contributed by atoms with Gasteiger partial charge in [0.15, 0.2) is 11.6 Å². The highest BCUT2D eigenvalue weighted by atomic mass is 19.1. The fourth-order valence-electron chi connectivity index (χ4n) is 5.45. The van der Waals surface area contributed by atoms with Crippen molar-refractivity contribution in [3.63, 3.8) is 0 Å². The third kappa shape index (κ3) is 5.37. The maximum Gasteiger partial charge on any atom is 0.423 e. The number of hydrogen-bond acceptors (Lipinski definition) is 7. The molecular weight excluding hydrogens is 469 g/mol. The molecule has 3 N–H and O–H groups in total. The summed E-state index contributed by atoms with van der Waals surface area (Å²) < 4.78 is 18.3. The molecule has 0 spiro atoms. The Morgan fingerprint density at radius 1 is 1.28 bits per heavy atom. The number of aliphatic hydroxyl groups is 2. The van der Waals surface area contributed by atoms with Crippen LogP contribution in [-0.2, 0) is 14.3 Å². The van der Waals surface area contributed by atoms with Crippen molar-refractivity contribution in [1.82, 2.24) is 4.90 Å². The van der Waals surface area contributed by atoms with Crippen LogP contribution < -0.4 is 0 Å². The van der Waals surface area contributed by atoms with Crippen molar-refractivity contribution in [3.8, 4) is 5.75 Å². The predicted molar refractivity (Wildman–Crippen MR) is 130 cm³/mol. The Morgan fingerprint density at radius 2 is 2.00 bits per heavy atom. The van der Waals surface area contributed by atoms with Crippen LogP contribution in [0.25, 0.3) is 6.08 Å². The molecule has 0 bridgehead atoms. The zero-order valence-electron chi connectivity index (χ0n) is 20.9. The van der Waals surface area contributed by atoms with Crippen LogP contribution in [0, 0.1) is 23.6 Å². The van der Waals surface area contributed by atoms with E-state index in [0.717, 1.165) is 24.7 Å². The van der Waals surface area contributed by atoms with Crippen LogP contribution in [0.15, 0.2) is 34.9 Å². The number of phenolic OH excluding ortho intramolecular Hbond substituents is 1. The van der Waals surface area contributed by atoms with Crippen molar-refractivity contribution in [3.05, 3.63) is 46.3 Å². The number of imide groups is 3. The van der Waals surface area contributed by atoms with Crippen molar-refractivity contribution < 1.29 is 38.8 Å². The van der Waals surface area contributed by atoms with Crippen molar-refractivity contribution >= 4 is 24.0 Å². The number of carbonyl (C=O) groups excluding carboxylic acids is 3. The lowest BCUT2D eigenvalue weighted by molar-refractivity contribution is -0.137. The summed E-state index contributed by atoms with van der Waals surface area (Å²) in [7, 11) is 1.09. The SMILES string of the molecule is CCCC1=C([C@H](O)CC/C(=C/c2ccc(O)c(F)c2)CC)[C@H](CO)[C@@H]2C(=O)N(C(=O)OC)C(=O)[C@@H]2C1. The third-order valence-corrected chi connectivity index (χ3v) is 7.18. The van der Waals surface area contributed by atoms with Gasteiger partial charge in [0, 0.05) is 5.92 Å². The van der Waals surface area contributed by atoms with Crippen LogP contribution >= 0.6 is 0 Å². The van der Waals surface area contributed by atoms with Gasteiger partial charge in [0.1, 0.15) is 0 Å². The highest BCUT2D eigenvalue weighted by molar-refractivity contribution is 6.15. The Labute approximate surface area is 210 Å². The van der Waals surface area contributed by atoms with Gasteiger partial charge in [-0.05, 0) is 55.4 Å². The maximum atomic E-state index is 13.7. The van der Waals surface area contributed by atoms with Gasteiger partial charge in [-0.2, -0.15) is 4.90 Å². The first-order chi connectivity index (χ1) is 17.2. The van der Waals surface area contributed by atoms with E-state index in [0.29, 0.717) is 41.7 Å². The average Bonchev–Trinajstić information content (AvgIpc) is 3.11. The van der Waals surface area contributed by atoms with E-state index in [-0.39, 0.29) is 6.42 Å². The second-order valence-corrected chi connectivity index (χ2v) is 9.34. The van der Waals surface area contributed by atoms with Crippen LogP contribution in [-0.4, -0.2) is 57.9 Å². The number of amides is 3. The van der Waals surface area contributed by atoms with Gasteiger partial charge in [-0.3, -0.25) is 9.59 Å². The number of ether oxygens (including phenoxy) is 1. The van der Waals surface area contributed by atoms with E-state index in [2.05, 4.69) is 4.74 Å². The lowest BCUT2D eigenvalue weighted by Gasteiger charge is -2.36. The van der Waals surface area contributed by atoms with Crippen molar-refractivity contribution in [2.45, 2.75) is 58.5 Å². The normalized spacial score (nSPS) is 23.2. The van der Waals surface area contributed by atoms with E-state index in [4.69, 9.17) is 0 Å². The van der Waals surface area contributed by atoms with Crippen LogP contribution in [0.3, 0.4) is 0 Å². The molecule has 4 atom stereocenters. The highest BCUT2D eigenvalue weighted by Gasteiger charge is 2.57. The molecule has 1 fully saturated rings. The van der Waals surface area contributed by atoms with Gasteiger partial charge in [-0.15, -0.1) is 0 Å². The fourth-order valence-corrected chi connectivity index (χ4v) is 5.45. The summed E-state index contributed by atoms with van der Waals surface area (Å²) in [6, 6.07) is 4.13. The van der Waals surface area contributed by atoms with Crippen molar-refractivity contribution in [2.75, 3.05) is 13.7 Å². The quantitative estimate of drug-likeness (QED) is 0.344. The lowest BCUT2D eigenvalue weighted by Crippen LogP contribution is -2.40. The number of carbonyl (C=O) groups is 3. The number of fused-ring (bicyclic) bond motifs is 1. The zero-order valence-corrected chi connectivity index (χ0v) is 20.9. The van der Waals surface area contributed by atoms with E-state index < -0.39 is 59.9 Å². The molecule has 2 aliphatic rings. The molecule has 0 saturated carbocycles. The minimum absolute atomic E-state index is 0.239. The molecule has 36 heavy (non-hydrogen) atoms. The molecule has 0 radical (unpaired) electrons. The summed E-state index contributed by atoms with van der Waals surface area (Å²) >= 11 is 0. The number of aromatic hydroxyl groups is 1. The third-order valence-electron chi connectivity index (χ3n) is 7.18. The van der Waals surface area contributed by atoms with Gasteiger partial charge < -0.3 is 20.1 Å². The summed E-state index contributed by atoms with van der Waals surface area (Å²) in [5.74, 6) is -4.98. The molecule has 1 aliphatic carbocycles. The molecule has 1 aromatic rings. The van der Waals surface area contributed by atoms with Gasteiger partial charge >= 0.3 is 6.09 Å². The Kier molecular flexibility index (Phi) is 9.03. The van der Waals surface area contributed by atoms with E-state index >= 15 is 0 Å². The largest absolute Gasteiger partial charge is 0.505 e. The van der Waals surface area contributed by atoms with E-state index in [9.17, 15) is 34.1 Å². The Hall–Kier alpha value is -3.04. The second kappa shape index (κ2) is 11.8. The lowest BCUT2D eigenvalue weighted by atomic mass is 9.67. The standard InChI is InChI=1S/C27H34FNO7/c1-4-6-17-13-18-24(26(34)29(25(18)33)27(35)36-3)19(14-30)23(17)22(32)10-7-15(5-2)11-16-8-9-21(31)20(28)12-16/h8-9,11-12,18-19,22,24,30-32H,4-7,10,13-14H2,1-3H3/b15-11+/t18-,19+,22-,24-/m1/s1. The number of halogens is 1. The van der Waals surface area contributed by atoms with E-state index in [1.807, 2.05) is 19.9 Å². The minimum Gasteiger partial charge on any atom is -0.505 e. The smallest absolute Gasteiger partial charge is 0.423 e. The van der Waals surface area contributed by atoms with Crippen molar-refractivity contribution in [1.29, 1.82) is 0 Å². The molecule has 3 amide bonds. The highest BCUT2D eigenvalue weighted by Crippen LogP contribution is 2.47. The summed E-state index contributed by atoms with van der Waals surface area (Å²) in [6.45, 7) is 3.47. The number of phenols is 1. The number of aliphatic hydroxyl groups excluding tert-OH is 2. The minimum atomic E-state index is -1.04. The van der Waals surface area contributed by atoms with Crippen LogP contribution in [0.2, 0.25) is 0 Å². The molecule has 196 valence electrons. The molecule has 0 unspecified atom stereocenters.